The Hall–Kier alpha value is -2.18. The summed E-state index contributed by atoms with van der Waals surface area (Å²) in [5, 5.41) is 7.05. The monoisotopic (exact) mass is 400 g/mol. The summed E-state index contributed by atoms with van der Waals surface area (Å²) in [6.07, 6.45) is 1.79. The third-order valence-electron chi connectivity index (χ3n) is 3.43. The van der Waals surface area contributed by atoms with E-state index < -0.39 is 0 Å². The summed E-state index contributed by atoms with van der Waals surface area (Å²) < 4.78 is 1.06. The van der Waals surface area contributed by atoms with E-state index in [-0.39, 0.29) is 0 Å². The first-order valence-corrected chi connectivity index (χ1v) is 9.07. The van der Waals surface area contributed by atoms with Gasteiger partial charge in [-0.25, -0.2) is 4.98 Å². The highest BCUT2D eigenvalue weighted by Gasteiger charge is 2.03. The van der Waals surface area contributed by atoms with Crippen molar-refractivity contribution < 1.29 is 0 Å². The van der Waals surface area contributed by atoms with E-state index in [0.717, 1.165) is 26.4 Å². The summed E-state index contributed by atoms with van der Waals surface area (Å²) in [4.78, 5) is 6.62. The smallest absolute Gasteiger partial charge is 0.203 e. The van der Waals surface area contributed by atoms with Gasteiger partial charge in [-0.1, -0.05) is 40.2 Å². The van der Waals surface area contributed by atoms with E-state index in [1.165, 1.54) is 17.0 Å². The molecule has 0 aliphatic heterocycles. The fraction of sp³-hybridized carbons (Fsp3) is 0.111. The SMILES string of the molecule is CN(C)c1ccc(/C=N/Nc2nc(-c3ccc(Br)cc3)cs2)cc1. The minimum absolute atomic E-state index is 0.772. The zero-order valence-corrected chi connectivity index (χ0v) is 15.8. The lowest BCUT2D eigenvalue weighted by Crippen LogP contribution is -2.08. The van der Waals surface area contributed by atoms with Gasteiger partial charge in [0.05, 0.1) is 11.9 Å². The number of benzene rings is 2. The molecule has 0 aliphatic carbocycles. The molecule has 24 heavy (non-hydrogen) atoms. The van der Waals surface area contributed by atoms with Crippen molar-refractivity contribution in [3.05, 3.63) is 63.9 Å². The number of nitrogens with zero attached hydrogens (tertiary/aromatic N) is 3. The predicted octanol–water partition coefficient (Wildman–Crippen LogP) is 5.08. The minimum atomic E-state index is 0.772. The molecule has 6 heteroatoms. The van der Waals surface area contributed by atoms with E-state index in [1.807, 2.05) is 55.9 Å². The topological polar surface area (TPSA) is 40.5 Å². The average molecular weight is 401 g/mol. The lowest BCUT2D eigenvalue weighted by molar-refractivity contribution is 1.13. The molecule has 0 fully saturated rings. The Kier molecular flexibility index (Phi) is 5.27. The molecule has 0 bridgehead atoms. The van der Waals surface area contributed by atoms with Crippen LogP contribution in [0.15, 0.2) is 63.5 Å². The average Bonchev–Trinajstić information content (AvgIpc) is 3.05. The zero-order chi connectivity index (χ0) is 16.9. The van der Waals surface area contributed by atoms with Crippen molar-refractivity contribution in [2.45, 2.75) is 0 Å². The van der Waals surface area contributed by atoms with Gasteiger partial charge < -0.3 is 4.90 Å². The van der Waals surface area contributed by atoms with Crippen molar-refractivity contribution in [3.63, 3.8) is 0 Å². The second-order valence-corrected chi connectivity index (χ2v) is 7.17. The van der Waals surface area contributed by atoms with Crippen LogP contribution in [0.4, 0.5) is 10.8 Å². The molecule has 0 atom stereocenters. The van der Waals surface area contributed by atoms with Gasteiger partial charge in [-0.3, -0.25) is 5.43 Å². The molecule has 1 aromatic heterocycles. The van der Waals surface area contributed by atoms with Gasteiger partial charge in [0.2, 0.25) is 5.13 Å². The fourth-order valence-corrected chi connectivity index (χ4v) is 3.03. The van der Waals surface area contributed by atoms with Crippen LogP contribution in [-0.2, 0) is 0 Å². The van der Waals surface area contributed by atoms with Gasteiger partial charge in [0.1, 0.15) is 0 Å². The van der Waals surface area contributed by atoms with Crippen molar-refractivity contribution in [1.82, 2.24) is 4.98 Å². The summed E-state index contributed by atoms with van der Waals surface area (Å²) in [6.45, 7) is 0. The number of thiazole rings is 1. The van der Waals surface area contributed by atoms with Crippen molar-refractivity contribution in [2.24, 2.45) is 5.10 Å². The predicted molar refractivity (Wildman–Crippen MR) is 107 cm³/mol. The molecule has 2 aromatic carbocycles. The van der Waals surface area contributed by atoms with Crippen molar-refractivity contribution in [3.8, 4) is 11.3 Å². The Morgan fingerprint density at radius 2 is 1.79 bits per heavy atom. The van der Waals surface area contributed by atoms with Gasteiger partial charge in [0.15, 0.2) is 0 Å². The van der Waals surface area contributed by atoms with E-state index in [9.17, 15) is 0 Å². The Balaban J connectivity index is 1.63. The molecule has 3 rings (SSSR count). The molecule has 122 valence electrons. The molecular formula is C18H17BrN4S. The first kappa shape index (κ1) is 16.7. The van der Waals surface area contributed by atoms with Gasteiger partial charge >= 0.3 is 0 Å². The number of anilines is 2. The Bertz CT molecular complexity index is 823. The number of hydrogen-bond acceptors (Lipinski definition) is 5. The number of rotatable bonds is 5. The van der Waals surface area contributed by atoms with Gasteiger partial charge in [0.25, 0.3) is 0 Å². The molecule has 0 amide bonds. The van der Waals surface area contributed by atoms with Gasteiger partial charge in [-0.05, 0) is 29.8 Å². The molecule has 0 aliphatic rings. The number of halogens is 1. The van der Waals surface area contributed by atoms with Crippen LogP contribution in [0, 0.1) is 0 Å². The molecule has 1 heterocycles. The molecule has 0 saturated carbocycles. The second-order valence-electron chi connectivity index (χ2n) is 5.40. The second kappa shape index (κ2) is 7.59. The summed E-state index contributed by atoms with van der Waals surface area (Å²) >= 11 is 4.98. The lowest BCUT2D eigenvalue weighted by atomic mass is 10.2. The molecule has 0 radical (unpaired) electrons. The maximum atomic E-state index is 4.55. The van der Waals surface area contributed by atoms with Gasteiger partial charge in [-0.2, -0.15) is 5.10 Å². The Labute approximate surface area is 154 Å². The number of hydrogen-bond donors (Lipinski definition) is 1. The molecule has 4 nitrogen and oxygen atoms in total. The van der Waals surface area contributed by atoms with E-state index in [0.29, 0.717) is 0 Å². The highest BCUT2D eigenvalue weighted by atomic mass is 79.9. The van der Waals surface area contributed by atoms with Crippen LogP contribution in [0.1, 0.15) is 5.56 Å². The first-order chi connectivity index (χ1) is 11.6. The van der Waals surface area contributed by atoms with E-state index >= 15 is 0 Å². The Morgan fingerprint density at radius 1 is 1.08 bits per heavy atom. The van der Waals surface area contributed by atoms with Crippen LogP contribution in [-0.4, -0.2) is 25.3 Å². The number of aromatic nitrogens is 1. The summed E-state index contributed by atoms with van der Waals surface area (Å²) in [5.74, 6) is 0. The molecule has 0 spiro atoms. The number of hydrazone groups is 1. The van der Waals surface area contributed by atoms with Crippen molar-refractivity contribution in [2.75, 3.05) is 24.4 Å². The molecule has 3 aromatic rings. The fourth-order valence-electron chi connectivity index (χ4n) is 2.10. The van der Waals surface area contributed by atoms with Gasteiger partial charge in [0, 0.05) is 35.2 Å². The van der Waals surface area contributed by atoms with Crippen LogP contribution in [0.5, 0.6) is 0 Å². The van der Waals surface area contributed by atoms with Crippen LogP contribution < -0.4 is 10.3 Å². The minimum Gasteiger partial charge on any atom is -0.378 e. The molecule has 0 unspecified atom stereocenters. The highest BCUT2D eigenvalue weighted by Crippen LogP contribution is 2.26. The van der Waals surface area contributed by atoms with Crippen LogP contribution in [0.2, 0.25) is 0 Å². The summed E-state index contributed by atoms with van der Waals surface area (Å²) in [5.41, 5.74) is 7.23. The normalized spacial score (nSPS) is 11.0. The Morgan fingerprint density at radius 3 is 2.46 bits per heavy atom. The van der Waals surface area contributed by atoms with E-state index in [2.05, 4.69) is 48.5 Å². The van der Waals surface area contributed by atoms with E-state index in [1.54, 1.807) is 6.21 Å². The zero-order valence-electron chi connectivity index (χ0n) is 13.4. The number of nitrogens with one attached hydrogen (secondary N) is 1. The van der Waals surface area contributed by atoms with Crippen LogP contribution in [0.25, 0.3) is 11.3 Å². The third kappa shape index (κ3) is 4.21. The van der Waals surface area contributed by atoms with Crippen LogP contribution in [0.3, 0.4) is 0 Å². The first-order valence-electron chi connectivity index (χ1n) is 7.40. The highest BCUT2D eigenvalue weighted by molar-refractivity contribution is 9.10. The largest absolute Gasteiger partial charge is 0.378 e. The van der Waals surface area contributed by atoms with Crippen molar-refractivity contribution in [1.29, 1.82) is 0 Å². The molecular weight excluding hydrogens is 384 g/mol. The summed E-state index contributed by atoms with van der Waals surface area (Å²) in [7, 11) is 4.05. The molecule has 1 N–H and O–H groups in total. The van der Waals surface area contributed by atoms with Gasteiger partial charge in [-0.15, -0.1) is 11.3 Å². The van der Waals surface area contributed by atoms with Crippen LogP contribution >= 0.6 is 27.3 Å². The summed E-state index contributed by atoms with van der Waals surface area (Å²) in [6, 6.07) is 16.3. The third-order valence-corrected chi connectivity index (χ3v) is 4.70. The van der Waals surface area contributed by atoms with E-state index in [4.69, 9.17) is 0 Å². The maximum absolute atomic E-state index is 4.55. The maximum Gasteiger partial charge on any atom is 0.203 e. The lowest BCUT2D eigenvalue weighted by Gasteiger charge is -2.11. The standard InChI is InChI=1S/C18H17BrN4S/c1-23(2)16-9-3-13(4-10-16)11-20-22-18-21-17(12-24-18)14-5-7-15(19)8-6-14/h3-12H,1-2H3,(H,21,22)/b20-11+. The molecule has 0 saturated heterocycles. The quantitative estimate of drug-likeness (QED) is 0.479. The van der Waals surface area contributed by atoms with Crippen molar-refractivity contribution >= 4 is 44.3 Å².